The summed E-state index contributed by atoms with van der Waals surface area (Å²) in [6.07, 6.45) is 3.11. The van der Waals surface area contributed by atoms with E-state index in [9.17, 15) is 18.3 Å². The molecule has 1 aromatic heterocycles. The number of anilines is 1. The monoisotopic (exact) mass is 447 g/mol. The van der Waals surface area contributed by atoms with E-state index in [0.29, 0.717) is 28.6 Å². The van der Waals surface area contributed by atoms with E-state index in [1.165, 1.54) is 24.4 Å². The molecule has 0 spiro atoms. The van der Waals surface area contributed by atoms with Crippen LogP contribution in [0, 0.1) is 5.41 Å². The maximum Gasteiger partial charge on any atom is 0.324 e. The fourth-order valence-corrected chi connectivity index (χ4v) is 4.89. The van der Waals surface area contributed by atoms with Crippen LogP contribution in [-0.4, -0.2) is 36.0 Å². The van der Waals surface area contributed by atoms with Crippen molar-refractivity contribution in [3.05, 3.63) is 29.4 Å². The first-order chi connectivity index (χ1) is 12.6. The summed E-state index contributed by atoms with van der Waals surface area (Å²) >= 11 is 6.12. The van der Waals surface area contributed by atoms with Crippen LogP contribution >= 0.6 is 24.0 Å². The Morgan fingerprint density at radius 1 is 1.29 bits per heavy atom. The molecular weight excluding hydrogens is 429 g/mol. The van der Waals surface area contributed by atoms with Crippen LogP contribution in [0.4, 0.5) is 5.82 Å². The molecule has 1 fully saturated rings. The highest BCUT2D eigenvalue weighted by Crippen LogP contribution is 2.33. The van der Waals surface area contributed by atoms with E-state index in [1.54, 1.807) is 0 Å². The summed E-state index contributed by atoms with van der Waals surface area (Å²) < 4.78 is 28.0. The van der Waals surface area contributed by atoms with Crippen LogP contribution in [0.15, 0.2) is 29.3 Å². The van der Waals surface area contributed by atoms with Gasteiger partial charge in [-0.2, -0.15) is 4.72 Å². The minimum Gasteiger partial charge on any atom is -0.480 e. The minimum absolute atomic E-state index is 0. The van der Waals surface area contributed by atoms with Gasteiger partial charge in [-0.15, -0.1) is 12.4 Å². The van der Waals surface area contributed by atoms with Crippen molar-refractivity contribution in [3.63, 3.8) is 0 Å². The average molecular weight is 448 g/mol. The number of nitrogens with two attached hydrogens (primary N) is 1. The molecule has 1 aromatic carbocycles. The first kappa shape index (κ1) is 22.2. The van der Waals surface area contributed by atoms with Crippen molar-refractivity contribution >= 4 is 62.6 Å². The van der Waals surface area contributed by atoms with Crippen molar-refractivity contribution in [1.29, 1.82) is 5.41 Å². The van der Waals surface area contributed by atoms with Gasteiger partial charge in [-0.1, -0.05) is 30.5 Å². The number of sulfonamides is 1. The fraction of sp³-hybridized carbons (Fsp3) is 0.312. The van der Waals surface area contributed by atoms with Crippen molar-refractivity contribution in [3.8, 4) is 0 Å². The van der Waals surface area contributed by atoms with Gasteiger partial charge < -0.3 is 16.2 Å². The third-order valence-corrected chi connectivity index (χ3v) is 6.41. The van der Waals surface area contributed by atoms with E-state index in [2.05, 4.69) is 15.0 Å². The van der Waals surface area contributed by atoms with Gasteiger partial charge in [0.25, 0.3) is 0 Å². The lowest BCUT2D eigenvalue weighted by atomic mass is 10.0. The molecule has 1 aliphatic carbocycles. The van der Waals surface area contributed by atoms with Gasteiger partial charge in [0.1, 0.15) is 11.4 Å². The van der Waals surface area contributed by atoms with E-state index >= 15 is 0 Å². The van der Waals surface area contributed by atoms with Gasteiger partial charge in [-0.3, -0.25) is 10.2 Å². The number of nitrogens with zero attached hydrogens (tertiary/aromatic N) is 1. The van der Waals surface area contributed by atoms with Gasteiger partial charge in [-0.05, 0) is 25.0 Å². The van der Waals surface area contributed by atoms with Crippen LogP contribution < -0.4 is 15.8 Å². The molecule has 9 nitrogen and oxygen atoms in total. The Morgan fingerprint density at radius 3 is 2.50 bits per heavy atom. The normalized spacial score (nSPS) is 15.8. The van der Waals surface area contributed by atoms with Gasteiger partial charge >= 0.3 is 5.97 Å². The molecule has 0 radical (unpaired) electrons. The number of carbonyl (C=O) groups is 1. The van der Waals surface area contributed by atoms with E-state index in [-0.39, 0.29) is 41.9 Å². The SMILES string of the molecule is Cl.N=C(N)Nc1ncc(Cl)c2ccc(S(=O)(=O)NC3(C(=O)O)CCCC3)cc12. The first-order valence-electron chi connectivity index (χ1n) is 8.11. The Bertz CT molecular complexity index is 1040. The highest BCUT2D eigenvalue weighted by molar-refractivity contribution is 7.89. The van der Waals surface area contributed by atoms with E-state index in [1.807, 2.05) is 0 Å². The molecule has 28 heavy (non-hydrogen) atoms. The predicted molar refractivity (Wildman–Crippen MR) is 109 cm³/mol. The number of guanidine groups is 1. The highest BCUT2D eigenvalue weighted by atomic mass is 35.5. The quantitative estimate of drug-likeness (QED) is 0.347. The van der Waals surface area contributed by atoms with Crippen LogP contribution in [0.3, 0.4) is 0 Å². The Morgan fingerprint density at radius 2 is 1.93 bits per heavy atom. The standard InChI is InChI=1S/C16H18ClN5O4S.ClH/c17-12-8-20-13(21-15(18)19)11-7-9(3-4-10(11)12)27(25,26)22-16(14(23)24)5-1-2-6-16;/h3-4,7-8,22H,1-2,5-6H2,(H,23,24)(H4,18,19,20,21);1H. The molecule has 0 bridgehead atoms. The number of benzene rings is 1. The molecule has 1 heterocycles. The molecular formula is C16H19Cl2N5O4S. The highest BCUT2D eigenvalue weighted by Gasteiger charge is 2.44. The second kappa shape index (κ2) is 8.08. The van der Waals surface area contributed by atoms with Gasteiger partial charge in [0, 0.05) is 17.0 Å². The molecule has 0 unspecified atom stereocenters. The zero-order valence-corrected chi connectivity index (χ0v) is 16.9. The zero-order chi connectivity index (χ0) is 19.8. The van der Waals surface area contributed by atoms with Crippen molar-refractivity contribution in [1.82, 2.24) is 9.71 Å². The fourth-order valence-electron chi connectivity index (χ4n) is 3.24. The number of fused-ring (bicyclic) bond motifs is 1. The summed E-state index contributed by atoms with van der Waals surface area (Å²) in [6.45, 7) is 0. The van der Waals surface area contributed by atoms with Gasteiger partial charge in [0.2, 0.25) is 10.0 Å². The number of aromatic nitrogens is 1. The molecule has 152 valence electrons. The maximum atomic E-state index is 12.8. The van der Waals surface area contributed by atoms with Gasteiger partial charge in [0.15, 0.2) is 5.96 Å². The Hall–Kier alpha value is -2.14. The van der Waals surface area contributed by atoms with Crippen LogP contribution in [-0.2, 0) is 14.8 Å². The van der Waals surface area contributed by atoms with Crippen molar-refractivity contribution in [2.75, 3.05) is 5.32 Å². The largest absolute Gasteiger partial charge is 0.480 e. The third kappa shape index (κ3) is 4.14. The maximum absolute atomic E-state index is 12.8. The average Bonchev–Trinajstić information content (AvgIpc) is 3.06. The molecule has 6 N–H and O–H groups in total. The van der Waals surface area contributed by atoms with Crippen LogP contribution in [0.2, 0.25) is 5.02 Å². The lowest BCUT2D eigenvalue weighted by Crippen LogP contribution is -2.52. The number of hydrogen-bond acceptors (Lipinski definition) is 5. The summed E-state index contributed by atoms with van der Waals surface area (Å²) in [5.74, 6) is -1.38. The molecule has 0 saturated heterocycles. The molecule has 1 aliphatic rings. The van der Waals surface area contributed by atoms with Crippen molar-refractivity contribution in [2.24, 2.45) is 5.73 Å². The van der Waals surface area contributed by atoms with E-state index in [4.69, 9.17) is 22.7 Å². The summed E-state index contributed by atoms with van der Waals surface area (Å²) in [6, 6.07) is 4.17. The van der Waals surface area contributed by atoms with Gasteiger partial charge in [0.05, 0.1) is 9.92 Å². The number of hydrogen-bond donors (Lipinski definition) is 5. The molecule has 0 atom stereocenters. The molecule has 2 aromatic rings. The van der Waals surface area contributed by atoms with Crippen LogP contribution in [0.25, 0.3) is 10.8 Å². The number of halogens is 2. The number of rotatable bonds is 5. The summed E-state index contributed by atoms with van der Waals surface area (Å²) in [5, 5.41) is 20.6. The topological polar surface area (TPSA) is 158 Å². The lowest BCUT2D eigenvalue weighted by molar-refractivity contribution is -0.143. The van der Waals surface area contributed by atoms with Crippen molar-refractivity contribution < 1.29 is 18.3 Å². The van der Waals surface area contributed by atoms with Crippen LogP contribution in [0.1, 0.15) is 25.7 Å². The first-order valence-corrected chi connectivity index (χ1v) is 9.97. The minimum atomic E-state index is -4.11. The zero-order valence-electron chi connectivity index (χ0n) is 14.5. The number of aliphatic carboxylic acids is 1. The second-order valence-corrected chi connectivity index (χ2v) is 8.49. The van der Waals surface area contributed by atoms with Gasteiger partial charge in [-0.25, -0.2) is 13.4 Å². The van der Waals surface area contributed by atoms with Crippen molar-refractivity contribution in [2.45, 2.75) is 36.1 Å². The molecule has 0 amide bonds. The Labute approximate surface area is 172 Å². The Kier molecular flexibility index (Phi) is 6.39. The Balaban J connectivity index is 0.00000280. The predicted octanol–water partition coefficient (Wildman–Crippen LogP) is 2.29. The number of carboxylic acid groups (broad SMARTS) is 1. The number of pyridine rings is 1. The van der Waals surface area contributed by atoms with E-state index in [0.717, 1.165) is 0 Å². The lowest BCUT2D eigenvalue weighted by Gasteiger charge is -2.25. The third-order valence-electron chi connectivity index (χ3n) is 4.57. The van der Waals surface area contributed by atoms with Crippen LogP contribution in [0.5, 0.6) is 0 Å². The smallest absolute Gasteiger partial charge is 0.324 e. The molecule has 12 heteroatoms. The second-order valence-electron chi connectivity index (χ2n) is 6.40. The summed E-state index contributed by atoms with van der Waals surface area (Å²) in [7, 11) is -4.11. The molecule has 0 aliphatic heterocycles. The summed E-state index contributed by atoms with van der Waals surface area (Å²) in [4.78, 5) is 15.6. The molecule has 3 rings (SSSR count). The molecule has 1 saturated carbocycles. The number of nitrogens with one attached hydrogen (secondary N) is 3. The summed E-state index contributed by atoms with van der Waals surface area (Å²) in [5.41, 5.74) is 3.84. The van der Waals surface area contributed by atoms with E-state index < -0.39 is 21.5 Å². The number of carboxylic acids is 1.